The molecule has 0 saturated heterocycles. The van der Waals surface area contributed by atoms with Gasteiger partial charge in [-0.1, -0.05) is 66.7 Å². The van der Waals surface area contributed by atoms with Crippen molar-refractivity contribution in [1.29, 1.82) is 0 Å². The average Bonchev–Trinajstić information content (AvgIpc) is 2.81. The summed E-state index contributed by atoms with van der Waals surface area (Å²) in [5.41, 5.74) is 1.70. The van der Waals surface area contributed by atoms with Crippen molar-refractivity contribution >= 4 is 11.8 Å². The number of carbonyl (C=O) groups is 1. The summed E-state index contributed by atoms with van der Waals surface area (Å²) in [7, 11) is 1.59. The van der Waals surface area contributed by atoms with Gasteiger partial charge in [0, 0.05) is 12.1 Å². The number of rotatable bonds is 7. The monoisotopic (exact) mass is 445 g/mol. The topological polar surface area (TPSA) is 59.0 Å². The van der Waals surface area contributed by atoms with Crippen LogP contribution < -0.4 is 9.64 Å². The van der Waals surface area contributed by atoms with Crippen LogP contribution >= 0.6 is 0 Å². The third-order valence-corrected chi connectivity index (χ3v) is 5.05. The molecule has 172 valence electrons. The van der Waals surface area contributed by atoms with Gasteiger partial charge >= 0.3 is 6.09 Å². The number of aliphatic hydroxyl groups is 1. The summed E-state index contributed by atoms with van der Waals surface area (Å²) in [6.07, 6.45) is 2.20. The minimum Gasteiger partial charge on any atom is -0.497 e. The first-order chi connectivity index (χ1) is 15.8. The van der Waals surface area contributed by atoms with Crippen LogP contribution in [-0.4, -0.2) is 23.9 Å². The van der Waals surface area contributed by atoms with Gasteiger partial charge in [-0.2, -0.15) is 0 Å². The molecule has 2 atom stereocenters. The van der Waals surface area contributed by atoms with Gasteiger partial charge in [0.25, 0.3) is 0 Å². The predicted molar refractivity (Wildman–Crippen MR) is 131 cm³/mol. The molecule has 0 aromatic heterocycles. The number of carbonyl (C=O) groups excluding carboxylic acids is 1. The molecule has 0 radical (unpaired) electrons. The Kier molecular flexibility index (Phi) is 7.91. The van der Waals surface area contributed by atoms with Crippen LogP contribution in [0.15, 0.2) is 97.2 Å². The molecule has 3 aromatic rings. The minimum absolute atomic E-state index is 0.378. The summed E-state index contributed by atoms with van der Waals surface area (Å²) in [6.45, 7) is 5.48. The summed E-state index contributed by atoms with van der Waals surface area (Å²) >= 11 is 0. The minimum atomic E-state index is -0.791. The van der Waals surface area contributed by atoms with Gasteiger partial charge in [-0.05, 0) is 56.2 Å². The summed E-state index contributed by atoms with van der Waals surface area (Å²) in [5.74, 6) is 0.310. The fraction of sp³-hybridized carbons (Fsp3) is 0.250. The van der Waals surface area contributed by atoms with Crippen molar-refractivity contribution in [3.63, 3.8) is 0 Å². The van der Waals surface area contributed by atoms with Gasteiger partial charge < -0.3 is 14.6 Å². The highest BCUT2D eigenvalue weighted by molar-refractivity contribution is 5.90. The Labute approximate surface area is 195 Å². The molecule has 0 bridgehead atoms. The van der Waals surface area contributed by atoms with Gasteiger partial charge in [0.2, 0.25) is 0 Å². The zero-order valence-electron chi connectivity index (χ0n) is 19.5. The highest BCUT2D eigenvalue weighted by atomic mass is 16.6. The fourth-order valence-electron chi connectivity index (χ4n) is 3.42. The molecule has 5 heteroatoms. The second-order valence-electron chi connectivity index (χ2n) is 8.68. The Morgan fingerprint density at radius 1 is 0.879 bits per heavy atom. The molecule has 1 amide bonds. The van der Waals surface area contributed by atoms with E-state index >= 15 is 0 Å². The van der Waals surface area contributed by atoms with Crippen molar-refractivity contribution in [2.45, 2.75) is 38.4 Å². The smallest absolute Gasteiger partial charge is 0.418 e. The van der Waals surface area contributed by atoms with Gasteiger partial charge in [0.1, 0.15) is 11.4 Å². The zero-order valence-corrected chi connectivity index (χ0v) is 19.5. The lowest BCUT2D eigenvalue weighted by Crippen LogP contribution is -2.33. The van der Waals surface area contributed by atoms with Crippen LogP contribution in [0.4, 0.5) is 10.5 Å². The van der Waals surface area contributed by atoms with E-state index in [9.17, 15) is 9.90 Å². The molecule has 0 aliphatic heterocycles. The van der Waals surface area contributed by atoms with Crippen LogP contribution in [0.1, 0.15) is 43.9 Å². The van der Waals surface area contributed by atoms with Crippen LogP contribution in [0.5, 0.6) is 5.75 Å². The maximum atomic E-state index is 13.1. The molecular formula is C28H31NO4. The first-order valence-corrected chi connectivity index (χ1v) is 10.9. The van der Waals surface area contributed by atoms with E-state index in [-0.39, 0.29) is 5.92 Å². The fourth-order valence-corrected chi connectivity index (χ4v) is 3.42. The predicted octanol–water partition coefficient (Wildman–Crippen LogP) is 6.47. The van der Waals surface area contributed by atoms with E-state index in [1.54, 1.807) is 37.6 Å². The average molecular weight is 446 g/mol. The van der Waals surface area contributed by atoms with E-state index < -0.39 is 17.8 Å². The van der Waals surface area contributed by atoms with Crippen LogP contribution in [-0.2, 0) is 4.74 Å². The lowest BCUT2D eigenvalue weighted by atomic mass is 9.89. The summed E-state index contributed by atoms with van der Waals surface area (Å²) in [4.78, 5) is 14.5. The quantitative estimate of drug-likeness (QED) is 0.453. The number of benzene rings is 3. The van der Waals surface area contributed by atoms with E-state index in [1.807, 2.05) is 87.5 Å². The molecule has 0 spiro atoms. The summed E-state index contributed by atoms with van der Waals surface area (Å²) in [6, 6.07) is 26.4. The van der Waals surface area contributed by atoms with E-state index in [2.05, 4.69) is 0 Å². The van der Waals surface area contributed by atoms with Gasteiger partial charge in [-0.15, -0.1) is 0 Å². The molecule has 1 N–H and O–H groups in total. The Morgan fingerprint density at radius 2 is 1.42 bits per heavy atom. The van der Waals surface area contributed by atoms with Crippen molar-refractivity contribution in [3.05, 3.63) is 108 Å². The van der Waals surface area contributed by atoms with E-state index in [0.29, 0.717) is 11.4 Å². The van der Waals surface area contributed by atoms with Crippen molar-refractivity contribution in [3.8, 4) is 5.75 Å². The van der Waals surface area contributed by atoms with E-state index in [1.165, 1.54) is 4.90 Å². The van der Waals surface area contributed by atoms with E-state index in [0.717, 1.165) is 11.1 Å². The Balaban J connectivity index is 1.99. The molecule has 0 aliphatic rings. The third-order valence-electron chi connectivity index (χ3n) is 5.05. The second-order valence-corrected chi connectivity index (χ2v) is 8.68. The molecular weight excluding hydrogens is 414 g/mol. The number of anilines is 1. The number of amides is 1. The lowest BCUT2D eigenvalue weighted by molar-refractivity contribution is 0.0596. The van der Waals surface area contributed by atoms with Gasteiger partial charge in [0.15, 0.2) is 0 Å². The van der Waals surface area contributed by atoms with Crippen LogP contribution in [0.25, 0.3) is 0 Å². The molecule has 0 fully saturated rings. The van der Waals surface area contributed by atoms with Gasteiger partial charge in [-0.3, -0.25) is 4.90 Å². The number of hydrogen-bond acceptors (Lipinski definition) is 4. The lowest BCUT2D eigenvalue weighted by Gasteiger charge is -2.26. The van der Waals surface area contributed by atoms with Crippen molar-refractivity contribution in [1.82, 2.24) is 0 Å². The largest absolute Gasteiger partial charge is 0.497 e. The zero-order chi connectivity index (χ0) is 23.8. The molecule has 3 rings (SSSR count). The Morgan fingerprint density at radius 3 is 1.94 bits per heavy atom. The van der Waals surface area contributed by atoms with Crippen molar-refractivity contribution in [2.75, 3.05) is 12.0 Å². The number of hydrogen-bond donors (Lipinski definition) is 1. The summed E-state index contributed by atoms with van der Waals surface area (Å²) in [5, 5.41) is 11.2. The maximum absolute atomic E-state index is 13.1. The molecule has 0 heterocycles. The number of nitrogens with zero attached hydrogens (tertiary/aromatic N) is 1. The summed E-state index contributed by atoms with van der Waals surface area (Å²) < 4.78 is 10.9. The molecule has 0 saturated carbocycles. The molecule has 3 aromatic carbocycles. The standard InChI is InChI=1S/C28H31NO4/c1-28(2,3)33-27(31)29(23-15-17-24(32-4)18-16-23)20-19-25(21-11-7-5-8-12-21)26(30)22-13-9-6-10-14-22/h5-20,25-26,30H,1-4H3/b20-19-/t25-,26+/m0/s1. The van der Waals surface area contributed by atoms with E-state index in [4.69, 9.17) is 9.47 Å². The van der Waals surface area contributed by atoms with Gasteiger partial charge in [0.05, 0.1) is 18.9 Å². The first kappa shape index (κ1) is 24.1. The SMILES string of the molecule is COc1ccc(N(/C=C\[C@@H](c2ccccc2)[C@H](O)c2ccccc2)C(=O)OC(C)(C)C)cc1. The van der Waals surface area contributed by atoms with Crippen LogP contribution in [0, 0.1) is 0 Å². The highest BCUT2D eigenvalue weighted by Gasteiger charge is 2.24. The second kappa shape index (κ2) is 10.8. The Hall–Kier alpha value is -3.57. The molecule has 0 unspecified atom stereocenters. The highest BCUT2D eigenvalue weighted by Crippen LogP contribution is 2.33. The van der Waals surface area contributed by atoms with Crippen molar-refractivity contribution < 1.29 is 19.4 Å². The number of methoxy groups -OCH3 is 1. The molecule has 5 nitrogen and oxygen atoms in total. The molecule has 0 aliphatic carbocycles. The first-order valence-electron chi connectivity index (χ1n) is 10.9. The Bertz CT molecular complexity index is 1040. The third kappa shape index (κ3) is 6.70. The van der Waals surface area contributed by atoms with Crippen LogP contribution in [0.2, 0.25) is 0 Å². The maximum Gasteiger partial charge on any atom is 0.418 e. The van der Waals surface area contributed by atoms with Crippen LogP contribution in [0.3, 0.4) is 0 Å². The van der Waals surface area contributed by atoms with Gasteiger partial charge in [-0.25, -0.2) is 4.79 Å². The number of ether oxygens (including phenoxy) is 2. The molecule has 33 heavy (non-hydrogen) atoms. The normalized spacial score (nSPS) is 13.4. The van der Waals surface area contributed by atoms with Crippen molar-refractivity contribution in [2.24, 2.45) is 0 Å². The number of aliphatic hydroxyl groups excluding tert-OH is 1.